The van der Waals surface area contributed by atoms with Gasteiger partial charge in [0.1, 0.15) is 11.6 Å². The van der Waals surface area contributed by atoms with Crippen LogP contribution in [0.5, 0.6) is 0 Å². The molecule has 0 aliphatic rings. The van der Waals surface area contributed by atoms with Gasteiger partial charge in [-0.15, -0.1) is 0 Å². The van der Waals surface area contributed by atoms with Gasteiger partial charge in [-0.3, -0.25) is 0 Å². The molecule has 0 saturated heterocycles. The molecule has 0 radical (unpaired) electrons. The maximum absolute atomic E-state index is 13.4. The number of hydrogen-bond acceptors (Lipinski definition) is 2. The van der Waals surface area contributed by atoms with Crippen molar-refractivity contribution >= 4 is 11.6 Å². The molecule has 1 atom stereocenters. The zero-order chi connectivity index (χ0) is 14.5. The van der Waals surface area contributed by atoms with Crippen molar-refractivity contribution in [3.05, 3.63) is 58.3 Å². The average molecular weight is 296 g/mol. The molecule has 108 valence electrons. The molecule has 0 aliphatic carbocycles. The van der Waals surface area contributed by atoms with Crippen LogP contribution in [0.15, 0.2) is 34.9 Å². The molecule has 1 heterocycles. The lowest BCUT2D eigenvalue weighted by Gasteiger charge is -2.18. The Morgan fingerprint density at radius 1 is 1.30 bits per heavy atom. The highest BCUT2D eigenvalue weighted by Gasteiger charge is 2.18. The van der Waals surface area contributed by atoms with Crippen LogP contribution in [-0.4, -0.2) is 6.54 Å². The third-order valence-electron chi connectivity index (χ3n) is 3.36. The summed E-state index contributed by atoms with van der Waals surface area (Å²) in [6.07, 6.45) is 3.17. The lowest BCUT2D eigenvalue weighted by Crippen LogP contribution is -2.23. The highest BCUT2D eigenvalue weighted by atomic mass is 35.5. The SMILES string of the molecule is CCNC(Cc1cc(F)ccc1Cl)c1ccoc1CC. The molecule has 1 aromatic carbocycles. The lowest BCUT2D eigenvalue weighted by atomic mass is 9.98. The molecule has 0 spiro atoms. The van der Waals surface area contributed by atoms with Crippen LogP contribution in [0, 0.1) is 5.82 Å². The van der Waals surface area contributed by atoms with Crippen LogP contribution in [0.1, 0.15) is 36.8 Å². The monoisotopic (exact) mass is 295 g/mol. The second-order valence-electron chi connectivity index (χ2n) is 4.70. The van der Waals surface area contributed by atoms with E-state index in [0.29, 0.717) is 11.4 Å². The third-order valence-corrected chi connectivity index (χ3v) is 3.73. The molecule has 0 bridgehead atoms. The van der Waals surface area contributed by atoms with E-state index in [4.69, 9.17) is 16.0 Å². The first kappa shape index (κ1) is 15.1. The molecule has 0 fully saturated rings. The maximum Gasteiger partial charge on any atom is 0.123 e. The molecule has 2 rings (SSSR count). The molecule has 4 heteroatoms. The second-order valence-corrected chi connectivity index (χ2v) is 5.11. The molecule has 1 aromatic heterocycles. The number of aryl methyl sites for hydroxylation is 1. The van der Waals surface area contributed by atoms with Crippen LogP contribution in [0.25, 0.3) is 0 Å². The summed E-state index contributed by atoms with van der Waals surface area (Å²) in [4.78, 5) is 0. The highest BCUT2D eigenvalue weighted by molar-refractivity contribution is 6.31. The largest absolute Gasteiger partial charge is 0.469 e. The van der Waals surface area contributed by atoms with E-state index in [1.165, 1.54) is 12.1 Å². The van der Waals surface area contributed by atoms with Gasteiger partial charge in [0.15, 0.2) is 0 Å². The second kappa shape index (κ2) is 6.91. The van der Waals surface area contributed by atoms with E-state index in [0.717, 1.165) is 29.9 Å². The zero-order valence-electron chi connectivity index (χ0n) is 11.7. The minimum absolute atomic E-state index is 0.0769. The van der Waals surface area contributed by atoms with E-state index >= 15 is 0 Å². The van der Waals surface area contributed by atoms with E-state index in [2.05, 4.69) is 12.2 Å². The predicted molar refractivity (Wildman–Crippen MR) is 79.6 cm³/mol. The van der Waals surface area contributed by atoms with Crippen molar-refractivity contribution in [2.24, 2.45) is 0 Å². The normalized spacial score (nSPS) is 12.6. The summed E-state index contributed by atoms with van der Waals surface area (Å²) in [5.41, 5.74) is 1.93. The fourth-order valence-corrected chi connectivity index (χ4v) is 2.60. The Morgan fingerprint density at radius 3 is 2.80 bits per heavy atom. The predicted octanol–water partition coefficient (Wildman–Crippen LogP) is 4.53. The van der Waals surface area contributed by atoms with Gasteiger partial charge in [-0.25, -0.2) is 4.39 Å². The Balaban J connectivity index is 2.27. The lowest BCUT2D eigenvalue weighted by molar-refractivity contribution is 0.487. The van der Waals surface area contributed by atoms with Crippen LogP contribution in [0.3, 0.4) is 0 Å². The molecule has 1 unspecified atom stereocenters. The van der Waals surface area contributed by atoms with Gasteiger partial charge in [0.25, 0.3) is 0 Å². The fraction of sp³-hybridized carbons (Fsp3) is 0.375. The molecular weight excluding hydrogens is 277 g/mol. The summed E-state index contributed by atoms with van der Waals surface area (Å²) in [6, 6.07) is 6.53. The molecular formula is C16H19ClFNO. The maximum atomic E-state index is 13.4. The average Bonchev–Trinajstić information content (AvgIpc) is 2.90. The van der Waals surface area contributed by atoms with Crippen LogP contribution >= 0.6 is 11.6 Å². The van der Waals surface area contributed by atoms with Gasteiger partial charge in [0.2, 0.25) is 0 Å². The topological polar surface area (TPSA) is 25.2 Å². The van der Waals surface area contributed by atoms with Gasteiger partial charge in [-0.2, -0.15) is 0 Å². The van der Waals surface area contributed by atoms with Crippen molar-refractivity contribution in [2.75, 3.05) is 6.54 Å². The van der Waals surface area contributed by atoms with Crippen molar-refractivity contribution in [2.45, 2.75) is 32.7 Å². The number of benzene rings is 1. The Hall–Kier alpha value is -1.32. The Kier molecular flexibility index (Phi) is 5.21. The van der Waals surface area contributed by atoms with Gasteiger partial charge in [-0.1, -0.05) is 25.4 Å². The molecule has 0 aliphatic heterocycles. The van der Waals surface area contributed by atoms with E-state index in [1.54, 1.807) is 12.3 Å². The quantitative estimate of drug-likeness (QED) is 0.847. The van der Waals surface area contributed by atoms with Crippen LogP contribution in [0.2, 0.25) is 5.02 Å². The number of nitrogens with one attached hydrogen (secondary N) is 1. The third kappa shape index (κ3) is 3.41. The van der Waals surface area contributed by atoms with Gasteiger partial charge < -0.3 is 9.73 Å². The van der Waals surface area contributed by atoms with Gasteiger partial charge in [0.05, 0.1) is 6.26 Å². The molecule has 0 saturated carbocycles. The van der Waals surface area contributed by atoms with E-state index in [-0.39, 0.29) is 11.9 Å². The Labute approximate surface area is 123 Å². The van der Waals surface area contributed by atoms with Crippen molar-refractivity contribution in [3.63, 3.8) is 0 Å². The molecule has 2 nitrogen and oxygen atoms in total. The first-order chi connectivity index (χ1) is 9.65. The van der Waals surface area contributed by atoms with Crippen LogP contribution in [-0.2, 0) is 12.8 Å². The molecule has 1 N–H and O–H groups in total. The smallest absolute Gasteiger partial charge is 0.123 e. The summed E-state index contributed by atoms with van der Waals surface area (Å²) in [5, 5.41) is 4.01. The van der Waals surface area contributed by atoms with Gasteiger partial charge in [0, 0.05) is 23.0 Å². The van der Waals surface area contributed by atoms with E-state index in [1.807, 2.05) is 13.0 Å². The molecule has 20 heavy (non-hydrogen) atoms. The number of furan rings is 1. The zero-order valence-corrected chi connectivity index (χ0v) is 12.5. The first-order valence-corrected chi connectivity index (χ1v) is 7.27. The van der Waals surface area contributed by atoms with Gasteiger partial charge >= 0.3 is 0 Å². The minimum Gasteiger partial charge on any atom is -0.469 e. The summed E-state index contributed by atoms with van der Waals surface area (Å²) < 4.78 is 18.9. The number of hydrogen-bond donors (Lipinski definition) is 1. The number of halogens is 2. The van der Waals surface area contributed by atoms with E-state index in [9.17, 15) is 4.39 Å². The van der Waals surface area contributed by atoms with Crippen molar-refractivity contribution in [1.82, 2.24) is 5.32 Å². The van der Waals surface area contributed by atoms with Crippen LogP contribution < -0.4 is 5.32 Å². The summed E-state index contributed by atoms with van der Waals surface area (Å²) >= 11 is 6.16. The standard InChI is InChI=1S/C16H19ClFNO/c1-3-16-13(7-8-20-16)15(19-4-2)10-11-9-12(18)5-6-14(11)17/h5-9,15,19H,3-4,10H2,1-2H3. The van der Waals surface area contributed by atoms with E-state index < -0.39 is 0 Å². The summed E-state index contributed by atoms with van der Waals surface area (Å²) in [6.45, 7) is 4.93. The first-order valence-electron chi connectivity index (χ1n) is 6.89. The minimum atomic E-state index is -0.262. The van der Waals surface area contributed by atoms with Crippen molar-refractivity contribution in [1.29, 1.82) is 0 Å². The summed E-state index contributed by atoms with van der Waals surface area (Å²) in [5.74, 6) is 0.700. The molecule has 2 aromatic rings. The molecule has 0 amide bonds. The fourth-order valence-electron chi connectivity index (χ4n) is 2.41. The van der Waals surface area contributed by atoms with Crippen molar-refractivity contribution < 1.29 is 8.81 Å². The highest BCUT2D eigenvalue weighted by Crippen LogP contribution is 2.27. The van der Waals surface area contributed by atoms with Gasteiger partial charge in [-0.05, 0) is 42.8 Å². The summed E-state index contributed by atoms with van der Waals surface area (Å²) in [7, 11) is 0. The Bertz CT molecular complexity index is 567. The van der Waals surface area contributed by atoms with Crippen LogP contribution in [0.4, 0.5) is 4.39 Å². The number of rotatable bonds is 6. The number of likely N-dealkylation sites (N-methyl/N-ethyl adjacent to an activating group) is 1. The Morgan fingerprint density at radius 2 is 2.10 bits per heavy atom. The van der Waals surface area contributed by atoms with Crippen molar-refractivity contribution in [3.8, 4) is 0 Å².